The fourth-order valence-electron chi connectivity index (χ4n) is 1.48. The zero-order valence-corrected chi connectivity index (χ0v) is 10.3. The molecule has 0 unspecified atom stereocenters. The van der Waals surface area contributed by atoms with Gasteiger partial charge in [0.25, 0.3) is 0 Å². The van der Waals surface area contributed by atoms with Crippen LogP contribution in [0.25, 0.3) is 0 Å². The molecule has 1 aromatic carbocycles. The lowest BCUT2D eigenvalue weighted by Crippen LogP contribution is -1.88. The smallest absolute Gasteiger partial charge is 0.199 e. The van der Waals surface area contributed by atoms with Gasteiger partial charge in [-0.25, -0.2) is 4.98 Å². The van der Waals surface area contributed by atoms with E-state index in [0.29, 0.717) is 16.7 Å². The molecule has 3 nitrogen and oxygen atoms in total. The van der Waals surface area contributed by atoms with Crippen molar-refractivity contribution in [1.82, 2.24) is 4.98 Å². The molecule has 0 saturated heterocycles. The number of thioether (sulfide) groups is 1. The minimum Gasteiger partial charge on any atom is -0.433 e. The van der Waals surface area contributed by atoms with E-state index in [0.717, 1.165) is 12.2 Å². The zero-order valence-electron chi connectivity index (χ0n) is 9.51. The molecular formula is C13H12N2OS. The van der Waals surface area contributed by atoms with E-state index in [1.165, 1.54) is 17.3 Å². The molecule has 0 atom stereocenters. The molecule has 0 aliphatic carbocycles. The van der Waals surface area contributed by atoms with E-state index in [-0.39, 0.29) is 0 Å². The maximum Gasteiger partial charge on any atom is 0.199 e. The lowest BCUT2D eigenvalue weighted by Gasteiger charge is -1.99. The molecule has 2 aromatic rings. The summed E-state index contributed by atoms with van der Waals surface area (Å²) in [4.78, 5) is 4.01. The minimum absolute atomic E-state index is 0.389. The highest BCUT2D eigenvalue weighted by atomic mass is 32.2. The molecule has 0 aliphatic heterocycles. The Hall–Kier alpha value is -1.73. The van der Waals surface area contributed by atoms with Gasteiger partial charge in [-0.1, -0.05) is 42.1 Å². The number of aromatic nitrogens is 1. The van der Waals surface area contributed by atoms with Crippen molar-refractivity contribution in [1.29, 1.82) is 5.26 Å². The molecule has 17 heavy (non-hydrogen) atoms. The highest BCUT2D eigenvalue weighted by Gasteiger charge is 2.10. The number of hydrogen-bond donors (Lipinski definition) is 0. The summed E-state index contributed by atoms with van der Waals surface area (Å²) in [5, 5.41) is 9.49. The van der Waals surface area contributed by atoms with Gasteiger partial charge in [-0.05, 0) is 12.0 Å². The summed E-state index contributed by atoms with van der Waals surface area (Å²) < 4.78 is 5.37. The van der Waals surface area contributed by atoms with Crippen molar-refractivity contribution in [2.45, 2.75) is 18.4 Å². The highest BCUT2D eigenvalue weighted by molar-refractivity contribution is 7.99. The predicted molar refractivity (Wildman–Crippen MR) is 66.8 cm³/mol. The van der Waals surface area contributed by atoms with Crippen LogP contribution in [-0.2, 0) is 6.42 Å². The summed E-state index contributed by atoms with van der Waals surface area (Å²) in [7, 11) is 0. The van der Waals surface area contributed by atoms with Crippen LogP contribution in [0.3, 0.4) is 0 Å². The van der Waals surface area contributed by atoms with Crippen LogP contribution in [0.4, 0.5) is 0 Å². The average Bonchev–Trinajstić information content (AvgIpc) is 2.71. The summed E-state index contributed by atoms with van der Waals surface area (Å²) in [6.07, 6.45) is 0.954. The number of oxazole rings is 1. The molecule has 1 aromatic heterocycles. The van der Waals surface area contributed by atoms with Gasteiger partial charge in [0, 0.05) is 12.7 Å². The lowest BCUT2D eigenvalue weighted by atomic mass is 10.2. The molecule has 0 saturated carbocycles. The molecule has 1 heterocycles. The number of nitriles is 1. The van der Waals surface area contributed by atoms with Crippen LogP contribution in [0.2, 0.25) is 0 Å². The van der Waals surface area contributed by atoms with Crippen LogP contribution in [0.5, 0.6) is 0 Å². The van der Waals surface area contributed by atoms with Gasteiger partial charge in [-0.3, -0.25) is 0 Å². The Balaban J connectivity index is 1.93. The molecule has 0 N–H and O–H groups in total. The second kappa shape index (κ2) is 5.55. The van der Waals surface area contributed by atoms with Gasteiger partial charge in [-0.15, -0.1) is 0 Å². The molecular weight excluding hydrogens is 232 g/mol. The fourth-order valence-corrected chi connectivity index (χ4v) is 2.41. The van der Waals surface area contributed by atoms with E-state index in [1.54, 1.807) is 6.92 Å². The van der Waals surface area contributed by atoms with Crippen molar-refractivity contribution in [2.75, 3.05) is 5.75 Å². The first-order valence-corrected chi connectivity index (χ1v) is 6.32. The van der Waals surface area contributed by atoms with Crippen molar-refractivity contribution >= 4 is 11.8 Å². The first kappa shape index (κ1) is 11.7. The number of rotatable bonds is 4. The summed E-state index contributed by atoms with van der Waals surface area (Å²) in [6.45, 7) is 1.75. The second-order valence-electron chi connectivity index (χ2n) is 3.56. The van der Waals surface area contributed by atoms with Crippen LogP contribution in [0.1, 0.15) is 17.1 Å². The van der Waals surface area contributed by atoms with Crippen LogP contribution in [0, 0.1) is 18.3 Å². The van der Waals surface area contributed by atoms with Crippen LogP contribution in [-0.4, -0.2) is 10.7 Å². The van der Waals surface area contributed by atoms with Crippen molar-refractivity contribution < 1.29 is 4.42 Å². The van der Waals surface area contributed by atoms with Gasteiger partial charge >= 0.3 is 0 Å². The SMILES string of the molecule is Cc1nc(C#N)c(SCCc2ccccc2)o1. The van der Waals surface area contributed by atoms with E-state index < -0.39 is 0 Å². The van der Waals surface area contributed by atoms with E-state index in [4.69, 9.17) is 9.68 Å². The molecule has 2 rings (SSSR count). The third kappa shape index (κ3) is 3.11. The topological polar surface area (TPSA) is 49.8 Å². The van der Waals surface area contributed by atoms with Crippen molar-refractivity contribution in [2.24, 2.45) is 0 Å². The zero-order chi connectivity index (χ0) is 12.1. The Morgan fingerprint density at radius 3 is 2.82 bits per heavy atom. The second-order valence-corrected chi connectivity index (χ2v) is 4.63. The lowest BCUT2D eigenvalue weighted by molar-refractivity contribution is 0.441. The third-order valence-corrected chi connectivity index (χ3v) is 3.22. The van der Waals surface area contributed by atoms with E-state index in [2.05, 4.69) is 17.1 Å². The molecule has 0 aliphatic rings. The van der Waals surface area contributed by atoms with E-state index in [1.807, 2.05) is 24.3 Å². The van der Waals surface area contributed by atoms with Crippen molar-refractivity contribution in [3.05, 3.63) is 47.5 Å². The largest absolute Gasteiger partial charge is 0.433 e. The summed E-state index contributed by atoms with van der Waals surface area (Å²) in [5.41, 5.74) is 1.68. The first-order chi connectivity index (χ1) is 8.29. The van der Waals surface area contributed by atoms with E-state index in [9.17, 15) is 0 Å². The summed E-state index contributed by atoms with van der Waals surface area (Å²) >= 11 is 1.54. The molecule has 0 bridgehead atoms. The van der Waals surface area contributed by atoms with Crippen LogP contribution in [0.15, 0.2) is 39.8 Å². The Morgan fingerprint density at radius 1 is 1.35 bits per heavy atom. The Labute approximate surface area is 104 Å². The van der Waals surface area contributed by atoms with Gasteiger partial charge in [0.1, 0.15) is 6.07 Å². The Morgan fingerprint density at radius 2 is 2.12 bits per heavy atom. The molecule has 0 radical (unpaired) electrons. The standard InChI is InChI=1S/C13H12N2OS/c1-10-15-12(9-14)13(16-10)17-8-7-11-5-3-2-4-6-11/h2-6H,7-8H2,1H3. The van der Waals surface area contributed by atoms with Gasteiger partial charge in [0.2, 0.25) is 0 Å². The third-order valence-electron chi connectivity index (χ3n) is 2.28. The molecule has 0 fully saturated rings. The predicted octanol–water partition coefficient (Wildman–Crippen LogP) is 3.19. The molecule has 86 valence electrons. The number of aryl methyl sites for hydroxylation is 2. The Bertz CT molecular complexity index is 528. The van der Waals surface area contributed by atoms with Crippen molar-refractivity contribution in [3.63, 3.8) is 0 Å². The van der Waals surface area contributed by atoms with Gasteiger partial charge in [-0.2, -0.15) is 5.26 Å². The van der Waals surface area contributed by atoms with Crippen LogP contribution >= 0.6 is 11.8 Å². The quantitative estimate of drug-likeness (QED) is 0.775. The number of benzene rings is 1. The molecule has 0 spiro atoms. The average molecular weight is 244 g/mol. The number of hydrogen-bond acceptors (Lipinski definition) is 4. The van der Waals surface area contributed by atoms with Gasteiger partial charge in [0.05, 0.1) is 0 Å². The first-order valence-electron chi connectivity index (χ1n) is 5.34. The van der Waals surface area contributed by atoms with Crippen LogP contribution < -0.4 is 0 Å². The highest BCUT2D eigenvalue weighted by Crippen LogP contribution is 2.24. The minimum atomic E-state index is 0.389. The summed E-state index contributed by atoms with van der Waals surface area (Å²) in [5.74, 6) is 1.43. The van der Waals surface area contributed by atoms with Gasteiger partial charge in [0.15, 0.2) is 16.7 Å². The molecule has 0 amide bonds. The Kier molecular flexibility index (Phi) is 3.84. The molecule has 4 heteroatoms. The maximum absolute atomic E-state index is 8.86. The van der Waals surface area contributed by atoms with Gasteiger partial charge < -0.3 is 4.42 Å². The maximum atomic E-state index is 8.86. The normalized spacial score (nSPS) is 10.1. The van der Waals surface area contributed by atoms with E-state index >= 15 is 0 Å². The monoisotopic (exact) mass is 244 g/mol. The van der Waals surface area contributed by atoms with Crippen molar-refractivity contribution in [3.8, 4) is 6.07 Å². The summed E-state index contributed by atoms with van der Waals surface area (Å²) in [6, 6.07) is 12.3. The number of nitrogens with zero attached hydrogens (tertiary/aromatic N) is 2. The fraction of sp³-hybridized carbons (Fsp3) is 0.231.